The molecule has 0 spiro atoms. The van der Waals surface area contributed by atoms with Crippen LogP contribution in [0.1, 0.15) is 35.9 Å². The topological polar surface area (TPSA) is 69.9 Å². The third kappa shape index (κ3) is 2.63. The van der Waals surface area contributed by atoms with Crippen molar-refractivity contribution in [3.8, 4) is 0 Å². The van der Waals surface area contributed by atoms with Gasteiger partial charge in [-0.2, -0.15) is 5.10 Å². The predicted molar refractivity (Wildman–Crippen MR) is 105 cm³/mol. The van der Waals surface area contributed by atoms with E-state index in [1.807, 2.05) is 19.0 Å². The first-order valence-corrected chi connectivity index (χ1v) is 9.59. The number of hydrogen-bond donors (Lipinski definition) is 1. The standard InChI is InChI=1S/C20H22FN5O2.H2/c1-24(2)5-6-26-15-8-12(21)7-13-17(15)18-14(22-23-19(13)27)9-25(10-16(18)26)20(28)11-3-4-11;/h7-8,11H,3-6,9-10H2,1-2H3,(H,23,27);1H. The maximum Gasteiger partial charge on any atom is 0.272 e. The Balaban J connectivity index is 0.00000205. The van der Waals surface area contributed by atoms with Gasteiger partial charge in [-0.3, -0.25) is 9.59 Å². The molecule has 5 rings (SSSR count). The summed E-state index contributed by atoms with van der Waals surface area (Å²) in [5.41, 5.74) is 5.99. The molecule has 1 aliphatic carbocycles. The molecule has 0 saturated heterocycles. The molecule has 2 amide bonds. The van der Waals surface area contributed by atoms with Crippen LogP contribution in [0.15, 0.2) is 17.2 Å². The second-order valence-electron chi connectivity index (χ2n) is 8.09. The molecule has 2 aromatic rings. The summed E-state index contributed by atoms with van der Waals surface area (Å²) in [7, 11) is 3.97. The quantitative estimate of drug-likeness (QED) is 0.872. The molecule has 1 saturated carbocycles. The minimum atomic E-state index is -0.451. The fourth-order valence-electron chi connectivity index (χ4n) is 4.21. The Kier molecular flexibility index (Phi) is 3.80. The number of halogens is 1. The number of nitrogens with one attached hydrogen (secondary N) is 1. The van der Waals surface area contributed by atoms with Gasteiger partial charge in [0.15, 0.2) is 0 Å². The molecule has 1 fully saturated rings. The van der Waals surface area contributed by atoms with Gasteiger partial charge in [0.05, 0.1) is 29.9 Å². The first-order chi connectivity index (χ1) is 13.4. The Morgan fingerprint density at radius 2 is 2.14 bits per heavy atom. The molecule has 0 atom stereocenters. The second-order valence-corrected chi connectivity index (χ2v) is 8.09. The smallest absolute Gasteiger partial charge is 0.272 e. The Morgan fingerprint density at radius 1 is 1.36 bits per heavy atom. The normalized spacial score (nSPS) is 18.4. The van der Waals surface area contributed by atoms with Crippen LogP contribution in [0, 0.1) is 11.7 Å². The van der Waals surface area contributed by atoms with Crippen LogP contribution in [-0.4, -0.2) is 59.1 Å². The summed E-state index contributed by atoms with van der Waals surface area (Å²) < 4.78 is 16.4. The Hall–Kier alpha value is -2.74. The van der Waals surface area contributed by atoms with Gasteiger partial charge in [0.1, 0.15) is 5.82 Å². The number of benzene rings is 1. The van der Waals surface area contributed by atoms with Crippen molar-refractivity contribution in [2.75, 3.05) is 27.2 Å². The van der Waals surface area contributed by atoms with E-state index >= 15 is 0 Å². The van der Waals surface area contributed by atoms with E-state index in [9.17, 15) is 14.0 Å². The lowest BCUT2D eigenvalue weighted by molar-refractivity contribution is -0.132. The fraction of sp³-hybridized carbons (Fsp3) is 0.450. The predicted octanol–water partition coefficient (Wildman–Crippen LogP) is 1.79. The highest BCUT2D eigenvalue weighted by molar-refractivity contribution is 6.22. The zero-order valence-electron chi connectivity index (χ0n) is 16.0. The van der Waals surface area contributed by atoms with Crippen molar-refractivity contribution in [2.24, 2.45) is 11.0 Å². The molecule has 0 unspecified atom stereocenters. The van der Waals surface area contributed by atoms with Crippen molar-refractivity contribution < 1.29 is 15.4 Å². The number of carbonyl (C=O) groups excluding carboxylic acids is 2. The van der Waals surface area contributed by atoms with E-state index in [2.05, 4.69) is 20.0 Å². The second kappa shape index (κ2) is 6.13. The number of aromatic nitrogens is 1. The number of likely N-dealkylation sites (N-methyl/N-ethyl adjacent to an activating group) is 1. The van der Waals surface area contributed by atoms with E-state index in [0.29, 0.717) is 36.4 Å². The SMILES string of the molecule is CN(C)CCn1c2c3c4c(cc(F)cc41)C(=O)NN=C3CN(C(=O)C1CC1)C2.[HH]. The lowest BCUT2D eigenvalue weighted by atomic mass is 9.98. The van der Waals surface area contributed by atoms with Gasteiger partial charge in [-0.1, -0.05) is 0 Å². The van der Waals surface area contributed by atoms with Gasteiger partial charge < -0.3 is 14.4 Å². The van der Waals surface area contributed by atoms with Gasteiger partial charge in [0, 0.05) is 37.1 Å². The summed E-state index contributed by atoms with van der Waals surface area (Å²) in [5, 5.41) is 5.04. The lowest BCUT2D eigenvalue weighted by Crippen LogP contribution is -2.41. The molecule has 148 valence electrons. The molecule has 2 aliphatic heterocycles. The van der Waals surface area contributed by atoms with Crippen LogP contribution >= 0.6 is 0 Å². The maximum absolute atomic E-state index is 14.4. The third-order valence-electron chi connectivity index (χ3n) is 5.75. The summed E-state index contributed by atoms with van der Waals surface area (Å²) in [6.07, 6.45) is 1.87. The number of carbonyl (C=O) groups is 2. The van der Waals surface area contributed by atoms with Gasteiger partial charge in [0.25, 0.3) is 5.91 Å². The van der Waals surface area contributed by atoms with Gasteiger partial charge in [0.2, 0.25) is 5.91 Å². The van der Waals surface area contributed by atoms with E-state index in [1.165, 1.54) is 12.1 Å². The average Bonchev–Trinajstić information content (AvgIpc) is 3.46. The molecule has 1 N–H and O–H groups in total. The zero-order chi connectivity index (χ0) is 19.6. The highest BCUT2D eigenvalue weighted by Crippen LogP contribution is 2.38. The first kappa shape index (κ1) is 17.4. The average molecular weight is 385 g/mol. The van der Waals surface area contributed by atoms with Crippen molar-refractivity contribution in [2.45, 2.75) is 25.9 Å². The fourth-order valence-corrected chi connectivity index (χ4v) is 4.21. The minimum Gasteiger partial charge on any atom is -0.341 e. The molecule has 1 aromatic heterocycles. The van der Waals surface area contributed by atoms with Crippen molar-refractivity contribution >= 4 is 28.4 Å². The van der Waals surface area contributed by atoms with Gasteiger partial charge in [-0.05, 0) is 39.1 Å². The Bertz CT molecular complexity index is 1060. The van der Waals surface area contributed by atoms with Crippen LogP contribution in [0.4, 0.5) is 4.39 Å². The summed E-state index contributed by atoms with van der Waals surface area (Å²) in [5.74, 6) is -0.623. The van der Waals surface area contributed by atoms with Crippen molar-refractivity contribution in [3.05, 3.63) is 34.8 Å². The molecule has 0 bridgehead atoms. The van der Waals surface area contributed by atoms with Crippen molar-refractivity contribution in [1.82, 2.24) is 19.8 Å². The molecule has 28 heavy (non-hydrogen) atoms. The van der Waals surface area contributed by atoms with Gasteiger partial charge in [-0.15, -0.1) is 0 Å². The lowest BCUT2D eigenvalue weighted by Gasteiger charge is -2.29. The summed E-state index contributed by atoms with van der Waals surface area (Å²) in [6.45, 7) is 2.23. The molecule has 8 heteroatoms. The molecule has 3 heterocycles. The third-order valence-corrected chi connectivity index (χ3v) is 5.75. The first-order valence-electron chi connectivity index (χ1n) is 9.59. The number of hydrogen-bond acceptors (Lipinski definition) is 4. The number of hydrazone groups is 1. The highest BCUT2D eigenvalue weighted by Gasteiger charge is 2.39. The largest absolute Gasteiger partial charge is 0.341 e. The van der Waals surface area contributed by atoms with Crippen LogP contribution in [0.3, 0.4) is 0 Å². The summed E-state index contributed by atoms with van der Waals surface area (Å²) in [6, 6.07) is 2.75. The van der Waals surface area contributed by atoms with Crippen molar-refractivity contribution in [3.63, 3.8) is 0 Å². The van der Waals surface area contributed by atoms with Crippen LogP contribution in [-0.2, 0) is 17.9 Å². The summed E-state index contributed by atoms with van der Waals surface area (Å²) in [4.78, 5) is 29.2. The van der Waals surface area contributed by atoms with Crippen LogP contribution in [0.25, 0.3) is 10.9 Å². The van der Waals surface area contributed by atoms with Gasteiger partial charge >= 0.3 is 0 Å². The molecule has 1 aromatic carbocycles. The number of amides is 2. The van der Waals surface area contributed by atoms with E-state index in [4.69, 9.17) is 0 Å². The van der Waals surface area contributed by atoms with Crippen LogP contribution in [0.5, 0.6) is 0 Å². The van der Waals surface area contributed by atoms with Crippen LogP contribution < -0.4 is 5.43 Å². The van der Waals surface area contributed by atoms with E-state index in [0.717, 1.165) is 36.0 Å². The molecule has 7 nitrogen and oxygen atoms in total. The Labute approximate surface area is 163 Å². The van der Waals surface area contributed by atoms with E-state index in [1.54, 1.807) is 0 Å². The maximum atomic E-state index is 14.4. The van der Waals surface area contributed by atoms with Gasteiger partial charge in [-0.25, -0.2) is 9.82 Å². The zero-order valence-corrected chi connectivity index (χ0v) is 16.0. The molecular formula is C20H24FN5O2. The number of nitrogens with zero attached hydrogens (tertiary/aromatic N) is 4. The summed E-state index contributed by atoms with van der Waals surface area (Å²) >= 11 is 0. The minimum absolute atomic E-state index is 0. The molecule has 0 radical (unpaired) electrons. The Morgan fingerprint density at radius 3 is 2.86 bits per heavy atom. The number of rotatable bonds is 4. The van der Waals surface area contributed by atoms with E-state index in [-0.39, 0.29) is 13.3 Å². The molecular weight excluding hydrogens is 361 g/mol. The van der Waals surface area contributed by atoms with Crippen molar-refractivity contribution in [1.29, 1.82) is 0 Å². The molecule has 3 aliphatic rings. The van der Waals surface area contributed by atoms with Crippen LogP contribution in [0.2, 0.25) is 0 Å². The van der Waals surface area contributed by atoms with E-state index < -0.39 is 11.7 Å². The monoisotopic (exact) mass is 385 g/mol. The highest BCUT2D eigenvalue weighted by atomic mass is 19.1.